The summed E-state index contributed by atoms with van der Waals surface area (Å²) in [5.74, 6) is 1.04. The van der Waals surface area contributed by atoms with Crippen molar-refractivity contribution in [2.75, 3.05) is 19.0 Å². The van der Waals surface area contributed by atoms with Crippen LogP contribution in [0.15, 0.2) is 24.3 Å². The minimum Gasteiger partial charge on any atom is -0.497 e. The molecule has 1 aliphatic rings. The summed E-state index contributed by atoms with van der Waals surface area (Å²) in [6, 6.07) is 7.39. The first-order valence-electron chi connectivity index (χ1n) is 7.31. The molecule has 1 aromatic carbocycles. The molecule has 0 saturated heterocycles. The van der Waals surface area contributed by atoms with E-state index in [1.165, 1.54) is 12.8 Å². The molecule has 0 spiro atoms. The summed E-state index contributed by atoms with van der Waals surface area (Å²) in [6.07, 6.45) is 4.58. The lowest BCUT2D eigenvalue weighted by molar-refractivity contribution is -0.145. The van der Waals surface area contributed by atoms with Crippen molar-refractivity contribution < 1.29 is 14.3 Å². The number of carbonyl (C=O) groups is 1. The number of methoxy groups -OCH3 is 1. The summed E-state index contributed by atoms with van der Waals surface area (Å²) in [4.78, 5) is 12.1. The second-order valence-electron chi connectivity index (χ2n) is 5.15. The van der Waals surface area contributed by atoms with Gasteiger partial charge < -0.3 is 14.8 Å². The molecule has 4 nitrogen and oxygen atoms in total. The van der Waals surface area contributed by atoms with Gasteiger partial charge in [0.25, 0.3) is 0 Å². The smallest absolute Gasteiger partial charge is 0.328 e. The summed E-state index contributed by atoms with van der Waals surface area (Å²) in [5, 5.41) is 3.33. The molecule has 0 amide bonds. The first-order chi connectivity index (χ1) is 9.74. The molecule has 1 atom stereocenters. The standard InChI is InChI=1S/C16H23NO3/c1-3-20-16(18)15(12-6-4-5-7-12)17-13-8-10-14(19-2)11-9-13/h8-12,15,17H,3-7H2,1-2H3. The molecule has 1 unspecified atom stereocenters. The fourth-order valence-electron chi connectivity index (χ4n) is 2.76. The molecule has 1 saturated carbocycles. The van der Waals surface area contributed by atoms with Crippen LogP contribution >= 0.6 is 0 Å². The molecule has 0 bridgehead atoms. The fraction of sp³-hybridized carbons (Fsp3) is 0.562. The van der Waals surface area contributed by atoms with Crippen molar-refractivity contribution >= 4 is 11.7 Å². The molecule has 1 aliphatic carbocycles. The van der Waals surface area contributed by atoms with Crippen LogP contribution in [0, 0.1) is 5.92 Å². The molecule has 0 radical (unpaired) electrons. The van der Waals surface area contributed by atoms with E-state index in [-0.39, 0.29) is 12.0 Å². The number of anilines is 1. The quantitative estimate of drug-likeness (QED) is 0.811. The summed E-state index contributed by atoms with van der Waals surface area (Å²) >= 11 is 0. The highest BCUT2D eigenvalue weighted by Gasteiger charge is 2.31. The van der Waals surface area contributed by atoms with Gasteiger partial charge in [-0.3, -0.25) is 0 Å². The average molecular weight is 277 g/mol. The molecule has 1 fully saturated rings. The number of rotatable bonds is 6. The van der Waals surface area contributed by atoms with Gasteiger partial charge in [0.15, 0.2) is 0 Å². The van der Waals surface area contributed by atoms with Gasteiger partial charge in [0.2, 0.25) is 0 Å². The average Bonchev–Trinajstić information content (AvgIpc) is 2.99. The van der Waals surface area contributed by atoms with E-state index in [1.807, 2.05) is 31.2 Å². The van der Waals surface area contributed by atoms with Gasteiger partial charge in [-0.15, -0.1) is 0 Å². The number of esters is 1. The maximum absolute atomic E-state index is 12.1. The van der Waals surface area contributed by atoms with Crippen LogP contribution in [0.4, 0.5) is 5.69 Å². The first kappa shape index (κ1) is 14.7. The molecule has 0 aliphatic heterocycles. The zero-order chi connectivity index (χ0) is 14.4. The van der Waals surface area contributed by atoms with Crippen LogP contribution in [-0.4, -0.2) is 25.7 Å². The van der Waals surface area contributed by atoms with Gasteiger partial charge in [0.05, 0.1) is 13.7 Å². The van der Waals surface area contributed by atoms with Crippen molar-refractivity contribution in [1.82, 2.24) is 0 Å². The Bertz CT molecular complexity index is 424. The van der Waals surface area contributed by atoms with Gasteiger partial charge in [0, 0.05) is 5.69 Å². The Hall–Kier alpha value is -1.71. The Morgan fingerprint density at radius 1 is 1.30 bits per heavy atom. The number of hydrogen-bond donors (Lipinski definition) is 1. The Morgan fingerprint density at radius 2 is 1.95 bits per heavy atom. The number of ether oxygens (including phenoxy) is 2. The van der Waals surface area contributed by atoms with Gasteiger partial charge in [-0.25, -0.2) is 4.79 Å². The summed E-state index contributed by atoms with van der Waals surface area (Å²) < 4.78 is 10.3. The fourth-order valence-corrected chi connectivity index (χ4v) is 2.76. The van der Waals surface area contributed by atoms with Gasteiger partial charge in [0.1, 0.15) is 11.8 Å². The molecule has 0 aromatic heterocycles. The Labute approximate surface area is 120 Å². The molecule has 20 heavy (non-hydrogen) atoms. The molecule has 1 aromatic rings. The van der Waals surface area contributed by atoms with Crippen LogP contribution in [-0.2, 0) is 9.53 Å². The van der Waals surface area contributed by atoms with E-state index in [0.29, 0.717) is 12.5 Å². The SMILES string of the molecule is CCOC(=O)C(Nc1ccc(OC)cc1)C1CCCC1. The van der Waals surface area contributed by atoms with Crippen molar-refractivity contribution in [1.29, 1.82) is 0 Å². The van der Waals surface area contributed by atoms with Crippen molar-refractivity contribution in [3.05, 3.63) is 24.3 Å². The number of carbonyl (C=O) groups excluding carboxylic acids is 1. The monoisotopic (exact) mass is 277 g/mol. The van der Waals surface area contributed by atoms with E-state index < -0.39 is 0 Å². The number of hydrogen-bond acceptors (Lipinski definition) is 4. The van der Waals surface area contributed by atoms with Crippen LogP contribution in [0.25, 0.3) is 0 Å². The van der Waals surface area contributed by atoms with E-state index in [9.17, 15) is 4.79 Å². The predicted octanol–water partition coefficient (Wildman–Crippen LogP) is 3.23. The van der Waals surface area contributed by atoms with Crippen LogP contribution < -0.4 is 10.1 Å². The molecular formula is C16H23NO3. The van der Waals surface area contributed by atoms with Crippen LogP contribution in [0.5, 0.6) is 5.75 Å². The third-order valence-electron chi connectivity index (χ3n) is 3.82. The molecule has 2 rings (SSSR count). The van der Waals surface area contributed by atoms with Crippen molar-refractivity contribution in [3.63, 3.8) is 0 Å². The minimum absolute atomic E-state index is 0.143. The Morgan fingerprint density at radius 3 is 2.50 bits per heavy atom. The Kier molecular flexibility index (Phi) is 5.27. The van der Waals surface area contributed by atoms with Gasteiger partial charge in [-0.05, 0) is 49.9 Å². The predicted molar refractivity (Wildman–Crippen MR) is 79.0 cm³/mol. The van der Waals surface area contributed by atoms with E-state index in [1.54, 1.807) is 7.11 Å². The van der Waals surface area contributed by atoms with Crippen LogP contribution in [0.3, 0.4) is 0 Å². The summed E-state index contributed by atoms with van der Waals surface area (Å²) in [7, 11) is 1.64. The topological polar surface area (TPSA) is 47.6 Å². The van der Waals surface area contributed by atoms with Crippen LogP contribution in [0.1, 0.15) is 32.6 Å². The highest BCUT2D eigenvalue weighted by Crippen LogP contribution is 2.30. The largest absolute Gasteiger partial charge is 0.497 e. The van der Waals surface area contributed by atoms with E-state index >= 15 is 0 Å². The van der Waals surface area contributed by atoms with Gasteiger partial charge >= 0.3 is 5.97 Å². The second kappa shape index (κ2) is 7.17. The zero-order valence-corrected chi connectivity index (χ0v) is 12.2. The minimum atomic E-state index is -0.245. The first-order valence-corrected chi connectivity index (χ1v) is 7.31. The summed E-state index contributed by atoms with van der Waals surface area (Å²) in [5.41, 5.74) is 0.927. The molecule has 110 valence electrons. The zero-order valence-electron chi connectivity index (χ0n) is 12.2. The van der Waals surface area contributed by atoms with Crippen molar-refractivity contribution in [3.8, 4) is 5.75 Å². The third-order valence-corrected chi connectivity index (χ3v) is 3.82. The van der Waals surface area contributed by atoms with Gasteiger partial charge in [-0.1, -0.05) is 12.8 Å². The van der Waals surface area contributed by atoms with E-state index in [4.69, 9.17) is 9.47 Å². The maximum Gasteiger partial charge on any atom is 0.328 e. The van der Waals surface area contributed by atoms with Crippen LogP contribution in [0.2, 0.25) is 0 Å². The highest BCUT2D eigenvalue weighted by atomic mass is 16.5. The lowest BCUT2D eigenvalue weighted by atomic mass is 9.98. The number of benzene rings is 1. The van der Waals surface area contributed by atoms with Crippen molar-refractivity contribution in [2.45, 2.75) is 38.6 Å². The third kappa shape index (κ3) is 3.65. The lowest BCUT2D eigenvalue weighted by Crippen LogP contribution is -2.37. The van der Waals surface area contributed by atoms with E-state index in [0.717, 1.165) is 24.3 Å². The van der Waals surface area contributed by atoms with Crippen molar-refractivity contribution in [2.24, 2.45) is 5.92 Å². The maximum atomic E-state index is 12.1. The van der Waals surface area contributed by atoms with Gasteiger partial charge in [-0.2, -0.15) is 0 Å². The highest BCUT2D eigenvalue weighted by molar-refractivity contribution is 5.79. The molecule has 0 heterocycles. The summed E-state index contributed by atoms with van der Waals surface area (Å²) in [6.45, 7) is 2.27. The molecule has 1 N–H and O–H groups in total. The second-order valence-corrected chi connectivity index (χ2v) is 5.15. The Balaban J connectivity index is 2.07. The normalized spacial score (nSPS) is 16.7. The lowest BCUT2D eigenvalue weighted by Gasteiger charge is -2.24. The molecule has 4 heteroatoms. The number of nitrogens with one attached hydrogen (secondary N) is 1. The molecular weight excluding hydrogens is 254 g/mol. The van der Waals surface area contributed by atoms with E-state index in [2.05, 4.69) is 5.32 Å².